The lowest BCUT2D eigenvalue weighted by molar-refractivity contribution is -0.383. The Morgan fingerprint density at radius 3 is 2.53 bits per heavy atom. The Morgan fingerprint density at radius 2 is 2.00 bits per heavy atom. The van der Waals surface area contributed by atoms with Crippen molar-refractivity contribution in [3.63, 3.8) is 0 Å². The lowest BCUT2D eigenvalue weighted by atomic mass is 10.5. The number of thiophene rings is 1. The van der Waals surface area contributed by atoms with E-state index in [1.807, 2.05) is 0 Å². The highest BCUT2D eigenvalue weighted by atomic mass is 32.2. The lowest BCUT2D eigenvalue weighted by Crippen LogP contribution is -2.13. The summed E-state index contributed by atoms with van der Waals surface area (Å²) >= 11 is 0.599. The number of nitrogens with two attached hydrogens (primary N) is 1. The Morgan fingerprint density at radius 1 is 1.37 bits per heavy atom. The lowest BCUT2D eigenvalue weighted by Gasteiger charge is -2.02. The minimum Gasteiger partial charge on any atom is -0.385 e. The van der Waals surface area contributed by atoms with E-state index < -0.39 is 20.6 Å². The Kier molecular flexibility index (Phi) is 3.31. The number of sulfonamides is 1. The molecule has 0 aliphatic carbocycles. The molecule has 2 heterocycles. The average molecular weight is 301 g/mol. The maximum absolute atomic E-state index is 11.9. The van der Waals surface area contributed by atoms with Crippen molar-refractivity contribution in [1.29, 1.82) is 0 Å². The quantitative estimate of drug-likeness (QED) is 0.629. The molecule has 19 heavy (non-hydrogen) atoms. The molecule has 2 aromatic rings. The van der Waals surface area contributed by atoms with Gasteiger partial charge in [-0.2, -0.15) is 0 Å². The van der Waals surface area contributed by atoms with Crippen molar-refractivity contribution in [3.05, 3.63) is 34.6 Å². The smallest absolute Gasteiger partial charge is 0.304 e. The molecule has 0 spiro atoms. The van der Waals surface area contributed by atoms with Gasteiger partial charge in [-0.05, 0) is 6.07 Å². The number of rotatable bonds is 4. The van der Waals surface area contributed by atoms with Crippen molar-refractivity contribution in [2.24, 2.45) is 0 Å². The van der Waals surface area contributed by atoms with Crippen LogP contribution >= 0.6 is 11.3 Å². The second-order valence-electron chi connectivity index (χ2n) is 3.25. The minimum atomic E-state index is -3.99. The van der Waals surface area contributed by atoms with Crippen molar-refractivity contribution in [3.8, 4) is 0 Å². The SMILES string of the molecule is Nc1sc(S(=O)(=O)Nc2ncccn2)cc1[N+](=O)[O-]. The summed E-state index contributed by atoms with van der Waals surface area (Å²) in [6.45, 7) is 0. The van der Waals surface area contributed by atoms with E-state index >= 15 is 0 Å². The van der Waals surface area contributed by atoms with E-state index in [9.17, 15) is 18.5 Å². The number of nitro groups is 1. The van der Waals surface area contributed by atoms with Crippen molar-refractivity contribution in [2.45, 2.75) is 4.21 Å². The van der Waals surface area contributed by atoms with Crippen LogP contribution in [0.3, 0.4) is 0 Å². The van der Waals surface area contributed by atoms with Gasteiger partial charge in [0.25, 0.3) is 10.0 Å². The highest BCUT2D eigenvalue weighted by Gasteiger charge is 2.25. The molecule has 0 saturated carbocycles. The summed E-state index contributed by atoms with van der Waals surface area (Å²) in [6, 6.07) is 2.41. The van der Waals surface area contributed by atoms with Gasteiger partial charge in [0, 0.05) is 18.5 Å². The number of aromatic nitrogens is 2. The predicted molar refractivity (Wildman–Crippen MR) is 68.2 cm³/mol. The number of hydrogen-bond acceptors (Lipinski definition) is 8. The second kappa shape index (κ2) is 4.78. The van der Waals surface area contributed by atoms with Crippen LogP contribution in [0, 0.1) is 10.1 Å². The van der Waals surface area contributed by atoms with Crippen LogP contribution in [0.5, 0.6) is 0 Å². The third-order valence-corrected chi connectivity index (χ3v) is 4.73. The Balaban J connectivity index is 2.35. The molecule has 0 bridgehead atoms. The zero-order chi connectivity index (χ0) is 14.0. The summed E-state index contributed by atoms with van der Waals surface area (Å²) < 4.78 is 25.7. The van der Waals surface area contributed by atoms with E-state index in [0.29, 0.717) is 11.3 Å². The fraction of sp³-hybridized carbons (Fsp3) is 0. The molecule has 2 rings (SSSR count). The van der Waals surface area contributed by atoms with Crippen molar-refractivity contribution < 1.29 is 13.3 Å². The zero-order valence-corrected chi connectivity index (χ0v) is 10.8. The maximum atomic E-state index is 11.9. The van der Waals surface area contributed by atoms with Crippen molar-refractivity contribution in [1.82, 2.24) is 9.97 Å². The standard InChI is InChI=1S/C8H7N5O4S2/c9-7-5(13(14)15)4-6(18-7)19(16,17)12-8-10-2-1-3-11-8/h1-4H,9H2,(H,10,11,12). The third-order valence-electron chi connectivity index (χ3n) is 1.97. The van der Waals surface area contributed by atoms with Gasteiger partial charge in [-0.3, -0.25) is 10.1 Å². The summed E-state index contributed by atoms with van der Waals surface area (Å²) in [5, 5.41) is 10.4. The molecule has 2 aromatic heterocycles. The first kappa shape index (κ1) is 13.2. The number of anilines is 2. The summed E-state index contributed by atoms with van der Waals surface area (Å²) in [5.74, 6) is -0.128. The Labute approximate surface area is 111 Å². The minimum absolute atomic E-state index is 0.128. The number of nitrogens with one attached hydrogen (secondary N) is 1. The van der Waals surface area contributed by atoms with Gasteiger partial charge in [-0.15, -0.1) is 0 Å². The molecule has 3 N–H and O–H groups in total. The normalized spacial score (nSPS) is 11.2. The van der Waals surface area contributed by atoms with Crippen LogP contribution in [-0.4, -0.2) is 23.3 Å². The molecule has 0 aliphatic rings. The fourth-order valence-corrected chi connectivity index (χ4v) is 3.34. The van der Waals surface area contributed by atoms with Crippen LogP contribution in [0.2, 0.25) is 0 Å². The molecule has 0 atom stereocenters. The third kappa shape index (κ3) is 2.77. The van der Waals surface area contributed by atoms with E-state index in [4.69, 9.17) is 5.73 Å². The first-order chi connectivity index (χ1) is 8.90. The van der Waals surface area contributed by atoms with Crippen molar-refractivity contribution in [2.75, 3.05) is 10.5 Å². The van der Waals surface area contributed by atoms with Gasteiger partial charge < -0.3 is 5.73 Å². The van der Waals surface area contributed by atoms with E-state index in [-0.39, 0.29) is 15.2 Å². The first-order valence-electron chi connectivity index (χ1n) is 4.73. The van der Waals surface area contributed by atoms with Gasteiger partial charge in [0.2, 0.25) is 5.95 Å². The van der Waals surface area contributed by atoms with E-state index in [1.54, 1.807) is 0 Å². The average Bonchev–Trinajstić information content (AvgIpc) is 2.73. The summed E-state index contributed by atoms with van der Waals surface area (Å²) in [7, 11) is -3.99. The van der Waals surface area contributed by atoms with Gasteiger partial charge in [-0.1, -0.05) is 11.3 Å². The number of nitrogen functional groups attached to an aromatic ring is 1. The second-order valence-corrected chi connectivity index (χ2v) is 6.24. The highest BCUT2D eigenvalue weighted by molar-refractivity contribution is 7.94. The summed E-state index contributed by atoms with van der Waals surface area (Å²) in [4.78, 5) is 17.3. The van der Waals surface area contributed by atoms with E-state index in [2.05, 4.69) is 14.7 Å². The predicted octanol–water partition coefficient (Wildman–Crippen LogP) is 0.829. The van der Waals surface area contributed by atoms with Crippen LogP contribution in [0.4, 0.5) is 16.6 Å². The molecule has 0 fully saturated rings. The molecular formula is C8H7N5O4S2. The van der Waals surface area contributed by atoms with Crippen LogP contribution in [0.25, 0.3) is 0 Å². The summed E-state index contributed by atoms with van der Waals surface area (Å²) in [5.41, 5.74) is 4.94. The first-order valence-corrected chi connectivity index (χ1v) is 7.03. The van der Waals surface area contributed by atoms with Gasteiger partial charge in [0.05, 0.1) is 4.92 Å². The van der Waals surface area contributed by atoms with Crippen molar-refractivity contribution >= 4 is 38.0 Å². The molecule has 0 amide bonds. The van der Waals surface area contributed by atoms with Gasteiger partial charge in [-0.25, -0.2) is 23.1 Å². The van der Waals surface area contributed by atoms with Crippen LogP contribution < -0.4 is 10.5 Å². The summed E-state index contributed by atoms with van der Waals surface area (Å²) in [6.07, 6.45) is 2.71. The number of hydrogen-bond donors (Lipinski definition) is 2. The van der Waals surface area contributed by atoms with E-state index in [1.165, 1.54) is 18.5 Å². The topological polar surface area (TPSA) is 141 Å². The highest BCUT2D eigenvalue weighted by Crippen LogP contribution is 2.34. The zero-order valence-electron chi connectivity index (χ0n) is 9.18. The molecule has 0 unspecified atom stereocenters. The maximum Gasteiger partial charge on any atom is 0.304 e. The van der Waals surface area contributed by atoms with Crippen LogP contribution in [0.15, 0.2) is 28.7 Å². The van der Waals surface area contributed by atoms with Crippen LogP contribution in [0.1, 0.15) is 0 Å². The Bertz CT molecular complexity index is 712. The molecule has 9 nitrogen and oxygen atoms in total. The van der Waals surface area contributed by atoms with E-state index in [0.717, 1.165) is 6.07 Å². The van der Waals surface area contributed by atoms with Gasteiger partial charge >= 0.3 is 5.69 Å². The van der Waals surface area contributed by atoms with Gasteiger partial charge in [0.1, 0.15) is 4.21 Å². The van der Waals surface area contributed by atoms with Gasteiger partial charge in [0.15, 0.2) is 5.00 Å². The molecule has 0 radical (unpaired) electrons. The largest absolute Gasteiger partial charge is 0.385 e. The molecular weight excluding hydrogens is 294 g/mol. The monoisotopic (exact) mass is 301 g/mol. The fourth-order valence-electron chi connectivity index (χ4n) is 1.17. The van der Waals surface area contributed by atoms with Crippen LogP contribution in [-0.2, 0) is 10.0 Å². The molecule has 0 aromatic carbocycles. The Hall–Kier alpha value is -2.27. The molecule has 11 heteroatoms. The molecule has 0 saturated heterocycles. The molecule has 0 aliphatic heterocycles. The number of nitrogens with zero attached hydrogens (tertiary/aromatic N) is 3. The molecule has 100 valence electrons.